The average Bonchev–Trinajstić information content (AvgIpc) is 2.61. The summed E-state index contributed by atoms with van der Waals surface area (Å²) >= 11 is 3.35. The van der Waals surface area contributed by atoms with Gasteiger partial charge in [-0.2, -0.15) is 0 Å². The number of carbonyl (C=O) groups excluding carboxylic acids is 1. The van der Waals surface area contributed by atoms with E-state index in [4.69, 9.17) is 0 Å². The smallest absolute Gasteiger partial charge is 0.261 e. The van der Waals surface area contributed by atoms with Gasteiger partial charge in [-0.25, -0.2) is 4.98 Å². The predicted molar refractivity (Wildman–Crippen MR) is 94.4 cm³/mol. The minimum absolute atomic E-state index is 0.118. The molecule has 0 saturated carbocycles. The highest BCUT2D eigenvalue weighted by atomic mass is 79.9. The lowest BCUT2D eigenvalue weighted by Gasteiger charge is -2.08. The van der Waals surface area contributed by atoms with E-state index < -0.39 is 0 Å². The summed E-state index contributed by atoms with van der Waals surface area (Å²) in [6, 6.07) is 9.05. The molecule has 1 N–H and O–H groups in total. The summed E-state index contributed by atoms with van der Waals surface area (Å²) in [6.07, 6.45) is 5.06. The molecule has 3 rings (SSSR count). The maximum absolute atomic E-state index is 12.4. The van der Waals surface area contributed by atoms with Crippen LogP contribution in [0.5, 0.6) is 0 Å². The van der Waals surface area contributed by atoms with E-state index in [1.165, 1.54) is 10.9 Å². The zero-order valence-electron chi connectivity index (χ0n) is 12.8. The monoisotopic (exact) mass is 386 g/mol. The second-order valence-electron chi connectivity index (χ2n) is 5.29. The number of fused-ring (bicyclic) bond motifs is 1. The lowest BCUT2D eigenvalue weighted by molar-refractivity contribution is -0.121. The van der Waals surface area contributed by atoms with Crippen molar-refractivity contribution in [3.05, 3.63) is 69.4 Å². The zero-order valence-corrected chi connectivity index (χ0v) is 14.4. The van der Waals surface area contributed by atoms with E-state index in [0.29, 0.717) is 17.4 Å². The molecule has 0 aliphatic rings. The molecule has 0 unspecified atom stereocenters. The van der Waals surface area contributed by atoms with Crippen LogP contribution in [0.25, 0.3) is 10.9 Å². The first-order valence-electron chi connectivity index (χ1n) is 7.44. The van der Waals surface area contributed by atoms with Crippen LogP contribution in [0.15, 0.2) is 58.3 Å². The van der Waals surface area contributed by atoms with Gasteiger partial charge in [0.15, 0.2) is 0 Å². The maximum Gasteiger partial charge on any atom is 0.261 e. The van der Waals surface area contributed by atoms with E-state index in [1.54, 1.807) is 24.5 Å². The summed E-state index contributed by atoms with van der Waals surface area (Å²) in [7, 11) is 0. The van der Waals surface area contributed by atoms with Gasteiger partial charge in [0, 0.05) is 36.4 Å². The van der Waals surface area contributed by atoms with E-state index >= 15 is 0 Å². The number of halogens is 1. The van der Waals surface area contributed by atoms with Gasteiger partial charge in [0.05, 0.1) is 17.2 Å². The largest absolute Gasteiger partial charge is 0.352 e. The van der Waals surface area contributed by atoms with Crippen LogP contribution in [0.3, 0.4) is 0 Å². The Bertz CT molecular complexity index is 925. The van der Waals surface area contributed by atoms with E-state index in [0.717, 1.165) is 10.0 Å². The Hall–Kier alpha value is -2.54. The summed E-state index contributed by atoms with van der Waals surface area (Å²) in [4.78, 5) is 32.6. The Kier molecular flexibility index (Phi) is 5.00. The standard InChI is InChI=1S/C17H15BrN4O2/c18-13-1-2-15-14(9-13)17(24)22(11-21-15)8-5-16(23)20-10-12-3-6-19-7-4-12/h1-4,6-7,9,11H,5,8,10H2,(H,20,23). The minimum Gasteiger partial charge on any atom is -0.352 e. The third kappa shape index (κ3) is 3.86. The van der Waals surface area contributed by atoms with Crippen molar-refractivity contribution in [3.63, 3.8) is 0 Å². The van der Waals surface area contributed by atoms with Crippen molar-refractivity contribution >= 4 is 32.7 Å². The molecule has 0 bridgehead atoms. The number of amides is 1. The first-order valence-corrected chi connectivity index (χ1v) is 8.23. The maximum atomic E-state index is 12.4. The summed E-state index contributed by atoms with van der Waals surface area (Å²) in [5.74, 6) is -0.118. The fourth-order valence-electron chi connectivity index (χ4n) is 2.30. The summed E-state index contributed by atoms with van der Waals surface area (Å²) < 4.78 is 2.28. The van der Waals surface area contributed by atoms with Crippen LogP contribution in [0, 0.1) is 0 Å². The van der Waals surface area contributed by atoms with Crippen molar-refractivity contribution in [2.75, 3.05) is 0 Å². The highest BCUT2D eigenvalue weighted by Gasteiger charge is 2.07. The van der Waals surface area contributed by atoms with Crippen molar-refractivity contribution in [3.8, 4) is 0 Å². The fraction of sp³-hybridized carbons (Fsp3) is 0.176. The summed E-state index contributed by atoms with van der Waals surface area (Å²) in [6.45, 7) is 0.732. The Morgan fingerprint density at radius 2 is 2.00 bits per heavy atom. The molecule has 24 heavy (non-hydrogen) atoms. The number of aryl methyl sites for hydroxylation is 1. The molecule has 7 heteroatoms. The molecule has 1 amide bonds. The molecule has 1 aromatic carbocycles. The van der Waals surface area contributed by atoms with Crippen LogP contribution >= 0.6 is 15.9 Å². The molecule has 0 fully saturated rings. The Labute approximate surface area is 146 Å². The van der Waals surface area contributed by atoms with Gasteiger partial charge < -0.3 is 5.32 Å². The van der Waals surface area contributed by atoms with Gasteiger partial charge >= 0.3 is 0 Å². The molecule has 0 spiro atoms. The molecule has 0 radical (unpaired) electrons. The van der Waals surface area contributed by atoms with Crippen LogP contribution < -0.4 is 10.9 Å². The first kappa shape index (κ1) is 16.3. The molecule has 2 aromatic heterocycles. The predicted octanol–water partition coefficient (Wildman–Crippen LogP) is 2.26. The van der Waals surface area contributed by atoms with Gasteiger partial charge in [-0.3, -0.25) is 19.1 Å². The van der Waals surface area contributed by atoms with Crippen molar-refractivity contribution in [1.29, 1.82) is 0 Å². The lowest BCUT2D eigenvalue weighted by Crippen LogP contribution is -2.27. The summed E-state index contributed by atoms with van der Waals surface area (Å²) in [5, 5.41) is 3.36. The van der Waals surface area contributed by atoms with E-state index in [2.05, 4.69) is 31.2 Å². The Morgan fingerprint density at radius 3 is 2.79 bits per heavy atom. The number of rotatable bonds is 5. The van der Waals surface area contributed by atoms with Crippen molar-refractivity contribution in [2.45, 2.75) is 19.5 Å². The van der Waals surface area contributed by atoms with Crippen molar-refractivity contribution < 1.29 is 4.79 Å². The Balaban J connectivity index is 1.64. The average molecular weight is 387 g/mol. The molecule has 3 aromatic rings. The molecular formula is C17H15BrN4O2. The molecule has 0 saturated heterocycles. The van der Waals surface area contributed by atoms with Gasteiger partial charge in [-0.1, -0.05) is 15.9 Å². The second kappa shape index (κ2) is 7.35. The van der Waals surface area contributed by atoms with Crippen LogP contribution in [0.2, 0.25) is 0 Å². The van der Waals surface area contributed by atoms with E-state index in [1.807, 2.05) is 18.2 Å². The molecule has 0 aliphatic carbocycles. The third-order valence-electron chi connectivity index (χ3n) is 3.60. The second-order valence-corrected chi connectivity index (χ2v) is 6.20. The van der Waals surface area contributed by atoms with E-state index in [9.17, 15) is 9.59 Å². The quantitative estimate of drug-likeness (QED) is 0.729. The number of hydrogen-bond acceptors (Lipinski definition) is 4. The number of carbonyl (C=O) groups is 1. The Morgan fingerprint density at radius 1 is 1.21 bits per heavy atom. The van der Waals surface area contributed by atoms with Crippen LogP contribution in [-0.4, -0.2) is 20.4 Å². The number of pyridine rings is 1. The van der Waals surface area contributed by atoms with Crippen molar-refractivity contribution in [2.24, 2.45) is 0 Å². The topological polar surface area (TPSA) is 76.9 Å². The van der Waals surface area contributed by atoms with Gasteiger partial charge in [-0.05, 0) is 35.9 Å². The number of nitrogens with zero attached hydrogens (tertiary/aromatic N) is 3. The normalized spacial score (nSPS) is 10.7. The van der Waals surface area contributed by atoms with Crippen LogP contribution in [-0.2, 0) is 17.9 Å². The highest BCUT2D eigenvalue weighted by Crippen LogP contribution is 2.14. The molecule has 122 valence electrons. The molecule has 0 aliphatic heterocycles. The number of aromatic nitrogens is 3. The van der Waals surface area contributed by atoms with E-state index in [-0.39, 0.29) is 24.4 Å². The number of nitrogens with one attached hydrogen (secondary N) is 1. The van der Waals surface area contributed by atoms with Crippen molar-refractivity contribution in [1.82, 2.24) is 19.9 Å². The molecule has 0 atom stereocenters. The first-order chi connectivity index (χ1) is 11.6. The van der Waals surface area contributed by atoms with Crippen LogP contribution in [0.4, 0.5) is 0 Å². The SMILES string of the molecule is O=C(CCn1cnc2ccc(Br)cc2c1=O)NCc1ccncc1. The number of benzene rings is 1. The summed E-state index contributed by atoms with van der Waals surface area (Å²) in [5.41, 5.74) is 1.47. The lowest BCUT2D eigenvalue weighted by atomic mass is 10.2. The minimum atomic E-state index is -0.150. The molecular weight excluding hydrogens is 372 g/mol. The zero-order chi connectivity index (χ0) is 16.9. The molecule has 2 heterocycles. The highest BCUT2D eigenvalue weighted by molar-refractivity contribution is 9.10. The number of hydrogen-bond donors (Lipinski definition) is 1. The molecule has 6 nitrogen and oxygen atoms in total. The van der Waals surface area contributed by atoms with Crippen LogP contribution in [0.1, 0.15) is 12.0 Å². The fourth-order valence-corrected chi connectivity index (χ4v) is 2.66. The third-order valence-corrected chi connectivity index (χ3v) is 4.10. The van der Waals surface area contributed by atoms with Gasteiger partial charge in [0.2, 0.25) is 5.91 Å². The van der Waals surface area contributed by atoms with Gasteiger partial charge in [0.25, 0.3) is 5.56 Å². The van der Waals surface area contributed by atoms with Gasteiger partial charge in [-0.15, -0.1) is 0 Å². The van der Waals surface area contributed by atoms with Gasteiger partial charge in [0.1, 0.15) is 0 Å².